The second-order valence-electron chi connectivity index (χ2n) is 2.89. The van der Waals surface area contributed by atoms with Gasteiger partial charge in [0.2, 0.25) is 0 Å². The molecule has 0 aromatic rings. The summed E-state index contributed by atoms with van der Waals surface area (Å²) in [6.45, 7) is 11.8. The molecule has 0 aliphatic rings. The van der Waals surface area contributed by atoms with Gasteiger partial charge in [0.05, 0.1) is 13.0 Å². The Morgan fingerprint density at radius 2 is 1.93 bits per heavy atom. The molecule has 0 aromatic heterocycles. The van der Waals surface area contributed by atoms with Gasteiger partial charge in [-0.15, -0.1) is 13.2 Å². The van der Waals surface area contributed by atoms with Crippen molar-refractivity contribution in [3.63, 3.8) is 0 Å². The van der Waals surface area contributed by atoms with E-state index in [1.54, 1.807) is 0 Å². The van der Waals surface area contributed by atoms with Gasteiger partial charge in [0, 0.05) is 19.6 Å². The van der Waals surface area contributed by atoms with Crippen LogP contribution in [-0.2, 0) is 9.53 Å². The van der Waals surface area contributed by atoms with E-state index in [0.717, 1.165) is 13.1 Å². The second kappa shape index (κ2) is 8.51. The number of hydrogen-bond acceptors (Lipinski definition) is 3. The van der Waals surface area contributed by atoms with Crippen LogP contribution in [0.2, 0.25) is 0 Å². The zero-order valence-electron chi connectivity index (χ0n) is 8.87. The van der Waals surface area contributed by atoms with Gasteiger partial charge in [-0.05, 0) is 6.92 Å². The quantitative estimate of drug-likeness (QED) is 0.437. The molecule has 3 nitrogen and oxygen atoms in total. The smallest absolute Gasteiger partial charge is 0.307 e. The Labute approximate surface area is 86.0 Å². The van der Waals surface area contributed by atoms with Crippen molar-refractivity contribution >= 4 is 5.97 Å². The SMILES string of the molecule is C=CCN(CC=C)CCC(=O)OCC. The summed E-state index contributed by atoms with van der Waals surface area (Å²) in [4.78, 5) is 13.1. The zero-order chi connectivity index (χ0) is 10.8. The molecule has 0 bridgehead atoms. The molecule has 0 radical (unpaired) electrons. The van der Waals surface area contributed by atoms with Crippen LogP contribution in [0.3, 0.4) is 0 Å². The molecule has 0 saturated carbocycles. The highest BCUT2D eigenvalue weighted by molar-refractivity contribution is 5.69. The lowest BCUT2D eigenvalue weighted by Crippen LogP contribution is -2.27. The highest BCUT2D eigenvalue weighted by atomic mass is 16.5. The molecule has 0 saturated heterocycles. The minimum absolute atomic E-state index is 0.148. The van der Waals surface area contributed by atoms with E-state index >= 15 is 0 Å². The maximum absolute atomic E-state index is 11.1. The Balaban J connectivity index is 3.73. The molecule has 0 amide bonds. The number of hydrogen-bond donors (Lipinski definition) is 0. The first kappa shape index (κ1) is 12.9. The summed E-state index contributed by atoms with van der Waals surface area (Å²) >= 11 is 0. The van der Waals surface area contributed by atoms with Gasteiger partial charge >= 0.3 is 5.97 Å². The topological polar surface area (TPSA) is 29.5 Å². The largest absolute Gasteiger partial charge is 0.466 e. The first-order valence-corrected chi connectivity index (χ1v) is 4.84. The van der Waals surface area contributed by atoms with E-state index in [-0.39, 0.29) is 5.97 Å². The van der Waals surface area contributed by atoms with Gasteiger partial charge in [-0.1, -0.05) is 12.2 Å². The predicted molar refractivity (Wildman–Crippen MR) is 58.1 cm³/mol. The highest BCUT2D eigenvalue weighted by Crippen LogP contribution is 1.94. The van der Waals surface area contributed by atoms with Crippen LogP contribution in [0.5, 0.6) is 0 Å². The van der Waals surface area contributed by atoms with Crippen molar-refractivity contribution in [2.75, 3.05) is 26.2 Å². The number of esters is 1. The summed E-state index contributed by atoms with van der Waals surface area (Å²) in [5.41, 5.74) is 0. The molecule has 0 fully saturated rings. The highest BCUT2D eigenvalue weighted by Gasteiger charge is 2.05. The molecular weight excluding hydrogens is 178 g/mol. The summed E-state index contributed by atoms with van der Waals surface area (Å²) in [7, 11) is 0. The molecular formula is C11H19NO2. The van der Waals surface area contributed by atoms with Crippen molar-refractivity contribution in [1.29, 1.82) is 0 Å². The molecule has 0 heterocycles. The fourth-order valence-electron chi connectivity index (χ4n) is 1.10. The van der Waals surface area contributed by atoms with Gasteiger partial charge < -0.3 is 4.74 Å². The summed E-state index contributed by atoms with van der Waals surface area (Å²) < 4.78 is 4.83. The third kappa shape index (κ3) is 6.43. The van der Waals surface area contributed by atoms with Crippen LogP contribution >= 0.6 is 0 Å². The van der Waals surface area contributed by atoms with Gasteiger partial charge in [0.15, 0.2) is 0 Å². The molecule has 14 heavy (non-hydrogen) atoms. The van der Waals surface area contributed by atoms with Crippen LogP contribution in [0.15, 0.2) is 25.3 Å². The molecule has 0 unspecified atom stereocenters. The first-order chi connectivity index (χ1) is 6.74. The minimum Gasteiger partial charge on any atom is -0.466 e. The molecule has 0 rings (SSSR count). The van der Waals surface area contributed by atoms with Crippen molar-refractivity contribution < 1.29 is 9.53 Å². The van der Waals surface area contributed by atoms with Gasteiger partial charge in [-0.25, -0.2) is 0 Å². The summed E-state index contributed by atoms with van der Waals surface area (Å²) in [5, 5.41) is 0. The average Bonchev–Trinajstić information content (AvgIpc) is 2.15. The first-order valence-electron chi connectivity index (χ1n) is 4.84. The molecule has 80 valence electrons. The molecule has 0 N–H and O–H groups in total. The van der Waals surface area contributed by atoms with E-state index in [9.17, 15) is 4.79 Å². The average molecular weight is 197 g/mol. The van der Waals surface area contributed by atoms with Crippen molar-refractivity contribution in [1.82, 2.24) is 4.90 Å². The van der Waals surface area contributed by atoms with Crippen LogP contribution in [0.25, 0.3) is 0 Å². The van der Waals surface area contributed by atoms with Crippen molar-refractivity contribution in [3.05, 3.63) is 25.3 Å². The summed E-state index contributed by atoms with van der Waals surface area (Å²) in [6.07, 6.45) is 4.05. The number of rotatable bonds is 8. The number of carbonyl (C=O) groups is 1. The lowest BCUT2D eigenvalue weighted by Gasteiger charge is -2.17. The fourth-order valence-corrected chi connectivity index (χ4v) is 1.10. The molecule has 0 aliphatic heterocycles. The molecule has 3 heteroatoms. The third-order valence-electron chi connectivity index (χ3n) is 1.71. The molecule has 0 spiro atoms. The standard InChI is InChI=1S/C11H19NO2/c1-4-8-12(9-5-2)10-7-11(13)14-6-3/h4-5H,1-2,6-10H2,3H3. The van der Waals surface area contributed by atoms with Crippen molar-refractivity contribution in [2.45, 2.75) is 13.3 Å². The van der Waals surface area contributed by atoms with Crippen LogP contribution < -0.4 is 0 Å². The number of nitrogens with zero attached hydrogens (tertiary/aromatic N) is 1. The van der Waals surface area contributed by atoms with Crippen LogP contribution in [0, 0.1) is 0 Å². The third-order valence-corrected chi connectivity index (χ3v) is 1.71. The predicted octanol–water partition coefficient (Wildman–Crippen LogP) is 1.61. The molecule has 0 atom stereocenters. The van der Waals surface area contributed by atoms with E-state index in [0.29, 0.717) is 19.6 Å². The van der Waals surface area contributed by atoms with Crippen molar-refractivity contribution in [3.8, 4) is 0 Å². The van der Waals surface area contributed by atoms with E-state index in [1.807, 2.05) is 19.1 Å². The van der Waals surface area contributed by atoms with Gasteiger partial charge in [-0.3, -0.25) is 9.69 Å². The number of carbonyl (C=O) groups excluding carboxylic acids is 1. The summed E-state index contributed by atoms with van der Waals surface area (Å²) in [5.74, 6) is -0.148. The van der Waals surface area contributed by atoms with Crippen LogP contribution in [0.1, 0.15) is 13.3 Å². The van der Waals surface area contributed by atoms with E-state index in [4.69, 9.17) is 4.74 Å². The van der Waals surface area contributed by atoms with Crippen LogP contribution in [0.4, 0.5) is 0 Å². The molecule has 0 aromatic carbocycles. The molecule has 0 aliphatic carbocycles. The van der Waals surface area contributed by atoms with Crippen LogP contribution in [-0.4, -0.2) is 37.1 Å². The van der Waals surface area contributed by atoms with Gasteiger partial charge in [0.1, 0.15) is 0 Å². The Hall–Kier alpha value is -1.09. The Morgan fingerprint density at radius 3 is 2.36 bits per heavy atom. The Kier molecular flexibility index (Phi) is 7.84. The zero-order valence-corrected chi connectivity index (χ0v) is 8.87. The maximum atomic E-state index is 11.1. The second-order valence-corrected chi connectivity index (χ2v) is 2.89. The normalized spacial score (nSPS) is 9.86. The minimum atomic E-state index is -0.148. The monoisotopic (exact) mass is 197 g/mol. The summed E-state index contributed by atoms with van der Waals surface area (Å²) in [6, 6.07) is 0. The van der Waals surface area contributed by atoms with E-state index < -0.39 is 0 Å². The van der Waals surface area contributed by atoms with Gasteiger partial charge in [0.25, 0.3) is 0 Å². The Bertz CT molecular complexity index is 180. The number of ether oxygens (including phenoxy) is 1. The Morgan fingerprint density at radius 1 is 1.36 bits per heavy atom. The van der Waals surface area contributed by atoms with Gasteiger partial charge in [-0.2, -0.15) is 0 Å². The lowest BCUT2D eigenvalue weighted by molar-refractivity contribution is -0.143. The van der Waals surface area contributed by atoms with E-state index in [2.05, 4.69) is 18.1 Å². The maximum Gasteiger partial charge on any atom is 0.307 e. The van der Waals surface area contributed by atoms with E-state index in [1.165, 1.54) is 0 Å². The van der Waals surface area contributed by atoms with Crippen molar-refractivity contribution in [2.24, 2.45) is 0 Å². The lowest BCUT2D eigenvalue weighted by atomic mass is 10.3. The fraction of sp³-hybridized carbons (Fsp3) is 0.545.